The van der Waals surface area contributed by atoms with Crippen molar-refractivity contribution < 1.29 is 24.6 Å². The predicted octanol–water partition coefficient (Wildman–Crippen LogP) is 2.14. The van der Waals surface area contributed by atoms with E-state index in [1.165, 1.54) is 18.2 Å². The van der Waals surface area contributed by atoms with Crippen LogP contribution in [0.25, 0.3) is 0 Å². The Labute approximate surface area is 174 Å². The number of rotatable bonds is 5. The monoisotopic (exact) mass is 414 g/mol. The summed E-state index contributed by atoms with van der Waals surface area (Å²) in [4.78, 5) is 37.6. The highest BCUT2D eigenvalue weighted by Gasteiger charge is 2.35. The number of carboxylic acid groups (broad SMARTS) is 2. The Morgan fingerprint density at radius 3 is 2.33 bits per heavy atom. The van der Waals surface area contributed by atoms with Gasteiger partial charge in [-0.25, -0.2) is 4.79 Å². The van der Waals surface area contributed by atoms with Crippen LogP contribution in [0.5, 0.6) is 0 Å². The summed E-state index contributed by atoms with van der Waals surface area (Å²) in [6.45, 7) is 0.398. The van der Waals surface area contributed by atoms with E-state index < -0.39 is 23.8 Å². The second kappa shape index (κ2) is 10.8. The minimum absolute atomic E-state index is 0.0826. The van der Waals surface area contributed by atoms with E-state index in [2.05, 4.69) is 10.3 Å². The third-order valence-corrected chi connectivity index (χ3v) is 4.92. The molecule has 0 spiro atoms. The normalized spacial score (nSPS) is 17.9. The van der Waals surface area contributed by atoms with Gasteiger partial charge in [-0.3, -0.25) is 14.6 Å². The van der Waals surface area contributed by atoms with Crippen LogP contribution >= 0.6 is 0 Å². The number of nitrogens with zero attached hydrogens (tertiary/aromatic N) is 1. The van der Waals surface area contributed by atoms with E-state index in [-0.39, 0.29) is 17.2 Å². The van der Waals surface area contributed by atoms with Gasteiger partial charge in [-0.1, -0.05) is 18.9 Å². The number of aliphatic carboxylic acids is 1. The van der Waals surface area contributed by atoms with Gasteiger partial charge in [0.15, 0.2) is 0 Å². The zero-order valence-electron chi connectivity index (χ0n) is 16.5. The van der Waals surface area contributed by atoms with Crippen molar-refractivity contribution in [3.63, 3.8) is 0 Å². The van der Waals surface area contributed by atoms with Crippen molar-refractivity contribution in [2.45, 2.75) is 32.2 Å². The number of aromatic carboxylic acids is 1. The quantitative estimate of drug-likeness (QED) is 0.463. The van der Waals surface area contributed by atoms with Gasteiger partial charge in [-0.2, -0.15) is 0 Å². The van der Waals surface area contributed by atoms with Gasteiger partial charge >= 0.3 is 11.9 Å². The second-order valence-electron chi connectivity index (χ2n) is 7.07. The first-order valence-corrected chi connectivity index (χ1v) is 9.57. The number of aromatic nitrogens is 1. The van der Waals surface area contributed by atoms with Crippen LogP contribution in [0.3, 0.4) is 0 Å². The number of hydrogen-bond donors (Lipinski definition) is 5. The van der Waals surface area contributed by atoms with E-state index in [0.29, 0.717) is 25.1 Å². The summed E-state index contributed by atoms with van der Waals surface area (Å²) in [5, 5.41) is 20.5. The average molecular weight is 414 g/mol. The van der Waals surface area contributed by atoms with Crippen molar-refractivity contribution in [1.82, 2.24) is 10.3 Å². The molecule has 0 aliphatic heterocycles. The van der Waals surface area contributed by atoms with Gasteiger partial charge in [-0.15, -0.1) is 0 Å². The largest absolute Gasteiger partial charge is 0.481 e. The molecule has 1 saturated carbocycles. The van der Waals surface area contributed by atoms with Crippen LogP contribution in [0.1, 0.15) is 41.6 Å². The fourth-order valence-corrected chi connectivity index (χ4v) is 3.34. The van der Waals surface area contributed by atoms with Crippen molar-refractivity contribution in [2.24, 2.45) is 11.8 Å². The Bertz CT molecular complexity index is 888. The molecule has 9 nitrogen and oxygen atoms in total. The van der Waals surface area contributed by atoms with Crippen LogP contribution in [0.2, 0.25) is 0 Å². The van der Waals surface area contributed by atoms with E-state index in [1.807, 2.05) is 12.1 Å². The van der Waals surface area contributed by atoms with Gasteiger partial charge in [0.05, 0.1) is 17.4 Å². The summed E-state index contributed by atoms with van der Waals surface area (Å²) >= 11 is 0. The van der Waals surface area contributed by atoms with Gasteiger partial charge in [-0.05, 0) is 42.7 Å². The van der Waals surface area contributed by atoms with E-state index in [0.717, 1.165) is 18.4 Å². The average Bonchev–Trinajstić information content (AvgIpc) is 2.73. The third kappa shape index (κ3) is 6.47. The number of nitrogen functional groups attached to an aromatic ring is 2. The number of benzene rings is 1. The maximum absolute atomic E-state index is 12.1. The molecule has 0 bridgehead atoms. The van der Waals surface area contributed by atoms with Crippen molar-refractivity contribution >= 4 is 29.2 Å². The molecule has 0 unspecified atom stereocenters. The van der Waals surface area contributed by atoms with Crippen molar-refractivity contribution in [1.29, 1.82) is 0 Å². The molecule has 3 rings (SSSR count). The predicted molar refractivity (Wildman–Crippen MR) is 111 cm³/mol. The summed E-state index contributed by atoms with van der Waals surface area (Å²) in [6.07, 6.45) is 6.44. The second-order valence-corrected chi connectivity index (χ2v) is 7.07. The molecule has 1 heterocycles. The minimum atomic E-state index is -1.04. The number of nitrogens with two attached hydrogens (primary N) is 2. The molecule has 160 valence electrons. The lowest BCUT2D eigenvalue weighted by atomic mass is 9.78. The molecule has 0 saturated heterocycles. The number of amides is 1. The van der Waals surface area contributed by atoms with Crippen LogP contribution in [0, 0.1) is 11.8 Å². The summed E-state index contributed by atoms with van der Waals surface area (Å²) in [7, 11) is 0. The van der Waals surface area contributed by atoms with Crippen molar-refractivity contribution in [3.05, 3.63) is 53.9 Å². The number of nitrogens with one attached hydrogen (secondary N) is 1. The zero-order valence-corrected chi connectivity index (χ0v) is 16.5. The van der Waals surface area contributed by atoms with E-state index in [4.69, 9.17) is 21.7 Å². The highest BCUT2D eigenvalue weighted by Crippen LogP contribution is 2.30. The number of pyridine rings is 1. The minimum Gasteiger partial charge on any atom is -0.481 e. The molecule has 1 fully saturated rings. The SMILES string of the molecule is Nc1ccc(C(=O)O)c(N)c1.O=C(NCc1cccnc1)[C@H]1CCCC[C@H]1C(=O)O. The van der Waals surface area contributed by atoms with Gasteiger partial charge in [0, 0.05) is 30.3 Å². The van der Waals surface area contributed by atoms with Crippen LogP contribution in [0.15, 0.2) is 42.7 Å². The molecule has 0 radical (unpaired) electrons. The smallest absolute Gasteiger partial charge is 0.337 e. The highest BCUT2D eigenvalue weighted by atomic mass is 16.4. The zero-order chi connectivity index (χ0) is 22.1. The van der Waals surface area contributed by atoms with E-state index in [9.17, 15) is 14.4 Å². The topological polar surface area (TPSA) is 169 Å². The Kier molecular flexibility index (Phi) is 8.16. The molecule has 2 aromatic rings. The molecule has 1 aromatic carbocycles. The molecule has 1 amide bonds. The molecule has 1 aliphatic rings. The third-order valence-electron chi connectivity index (χ3n) is 4.92. The number of anilines is 2. The summed E-state index contributed by atoms with van der Waals surface area (Å²) in [6, 6.07) is 7.99. The Balaban J connectivity index is 0.000000248. The number of carbonyl (C=O) groups is 3. The lowest BCUT2D eigenvalue weighted by Gasteiger charge is -2.27. The molecule has 2 atom stereocenters. The van der Waals surface area contributed by atoms with Gasteiger partial charge in [0.1, 0.15) is 0 Å². The fourth-order valence-electron chi connectivity index (χ4n) is 3.34. The van der Waals surface area contributed by atoms with Crippen LogP contribution in [-0.2, 0) is 16.1 Å². The Morgan fingerprint density at radius 2 is 1.77 bits per heavy atom. The summed E-state index contributed by atoms with van der Waals surface area (Å²) < 4.78 is 0. The standard InChI is InChI=1S/C14H18N2O3.C7H8N2O2/c17-13(16-9-10-4-3-7-15-8-10)11-5-1-2-6-12(11)14(18)19;8-4-1-2-5(7(10)11)6(9)3-4/h3-4,7-8,11-12H,1-2,5-6,9H2,(H,16,17)(H,18,19);1-3H,8-9H2,(H,10,11)/t11-,12+;/m0./s1. The van der Waals surface area contributed by atoms with Gasteiger partial charge in [0.2, 0.25) is 5.91 Å². The molecule has 30 heavy (non-hydrogen) atoms. The first kappa shape index (κ1) is 22.7. The lowest BCUT2D eigenvalue weighted by molar-refractivity contribution is -0.148. The molecular formula is C21H26N4O5. The molecule has 7 N–H and O–H groups in total. The Morgan fingerprint density at radius 1 is 1.07 bits per heavy atom. The fraction of sp³-hybridized carbons (Fsp3) is 0.333. The van der Waals surface area contributed by atoms with Crippen LogP contribution in [0.4, 0.5) is 11.4 Å². The number of carbonyl (C=O) groups excluding carboxylic acids is 1. The number of carboxylic acids is 2. The molecule has 1 aliphatic carbocycles. The Hall–Kier alpha value is -3.62. The number of hydrogen-bond acceptors (Lipinski definition) is 6. The maximum atomic E-state index is 12.1. The summed E-state index contributed by atoms with van der Waals surface area (Å²) in [5.41, 5.74) is 12.4. The first-order chi connectivity index (χ1) is 14.3. The van der Waals surface area contributed by atoms with Gasteiger partial charge < -0.3 is 27.0 Å². The first-order valence-electron chi connectivity index (χ1n) is 9.57. The van der Waals surface area contributed by atoms with E-state index in [1.54, 1.807) is 12.4 Å². The molecule has 1 aromatic heterocycles. The van der Waals surface area contributed by atoms with Crippen molar-refractivity contribution in [2.75, 3.05) is 11.5 Å². The lowest BCUT2D eigenvalue weighted by Crippen LogP contribution is -2.39. The highest BCUT2D eigenvalue weighted by molar-refractivity contribution is 5.94. The van der Waals surface area contributed by atoms with Crippen LogP contribution < -0.4 is 16.8 Å². The maximum Gasteiger partial charge on any atom is 0.337 e. The molecule has 9 heteroatoms. The van der Waals surface area contributed by atoms with Crippen LogP contribution in [-0.4, -0.2) is 33.0 Å². The van der Waals surface area contributed by atoms with Gasteiger partial charge in [0.25, 0.3) is 0 Å². The van der Waals surface area contributed by atoms with Crippen molar-refractivity contribution in [3.8, 4) is 0 Å². The molecular weight excluding hydrogens is 388 g/mol. The van der Waals surface area contributed by atoms with E-state index >= 15 is 0 Å². The summed E-state index contributed by atoms with van der Waals surface area (Å²) in [5.74, 6) is -3.00.